The molecule has 1 saturated heterocycles. The molecule has 3 aromatic heterocycles. The normalized spacial score (nSPS) is 28.3. The van der Waals surface area contributed by atoms with Crippen LogP contribution in [0.2, 0.25) is 5.02 Å². The smallest absolute Gasteiger partial charge is 0.333 e. The van der Waals surface area contributed by atoms with E-state index < -0.39 is 45.3 Å². The minimum absolute atomic E-state index is 0.0979. The number of nitrogens with zero attached hydrogens (tertiary/aromatic N) is 6. The molecule has 2 bridgehead atoms. The Morgan fingerprint density at radius 1 is 1.08 bits per heavy atom. The van der Waals surface area contributed by atoms with Gasteiger partial charge in [-0.25, -0.2) is 27.2 Å². The van der Waals surface area contributed by atoms with E-state index >= 15 is 0 Å². The van der Waals surface area contributed by atoms with Crippen molar-refractivity contribution in [2.45, 2.75) is 61.6 Å². The number of rotatable bonds is 8. The van der Waals surface area contributed by atoms with Crippen LogP contribution in [0.3, 0.4) is 0 Å². The molecule has 8 rings (SSSR count). The molecular formula is C33H31ClF3N7O3S2. The van der Waals surface area contributed by atoms with Crippen LogP contribution >= 0.6 is 22.9 Å². The van der Waals surface area contributed by atoms with E-state index in [0.29, 0.717) is 63.7 Å². The zero-order chi connectivity index (χ0) is 34.1. The van der Waals surface area contributed by atoms with Crippen LogP contribution in [-0.2, 0) is 15.6 Å². The molecule has 2 aliphatic carbocycles. The number of pyridine rings is 1. The summed E-state index contributed by atoms with van der Waals surface area (Å²) < 4.78 is 73.6. The second-order valence-electron chi connectivity index (χ2n) is 13.1. The number of nitrogens with one attached hydrogen (secondary N) is 1. The molecule has 2 saturated carbocycles. The Labute approximate surface area is 289 Å². The van der Waals surface area contributed by atoms with Gasteiger partial charge < -0.3 is 10.0 Å². The fraction of sp³-hybridized carbons (Fsp3) is 0.394. The third-order valence-corrected chi connectivity index (χ3v) is 13.3. The van der Waals surface area contributed by atoms with Gasteiger partial charge in [-0.2, -0.15) is 13.9 Å². The number of amidine groups is 1. The van der Waals surface area contributed by atoms with E-state index in [-0.39, 0.29) is 35.5 Å². The average Bonchev–Trinajstić information content (AvgIpc) is 3.88. The highest BCUT2D eigenvalue weighted by atomic mass is 35.5. The number of aromatic nitrogens is 4. The summed E-state index contributed by atoms with van der Waals surface area (Å²) in [5, 5.41) is 17.5. The van der Waals surface area contributed by atoms with Crippen LogP contribution < -0.4 is 4.72 Å². The molecule has 4 aliphatic rings. The lowest BCUT2D eigenvalue weighted by molar-refractivity contribution is -0.0278. The monoisotopic (exact) mass is 729 g/mol. The fourth-order valence-electron chi connectivity index (χ4n) is 8.23. The maximum Gasteiger partial charge on any atom is 0.333 e. The summed E-state index contributed by atoms with van der Waals surface area (Å²) in [6.45, 7) is -2.68. The number of aliphatic imine (C=N–C) groups is 1. The lowest BCUT2D eigenvalue weighted by atomic mass is 9.75. The van der Waals surface area contributed by atoms with E-state index in [2.05, 4.69) is 19.8 Å². The van der Waals surface area contributed by atoms with Gasteiger partial charge in [0.1, 0.15) is 17.5 Å². The molecule has 4 atom stereocenters. The molecule has 2 N–H and O–H groups in total. The number of hydrogen-bond acceptors (Lipinski definition) is 9. The lowest BCUT2D eigenvalue weighted by Gasteiger charge is -2.40. The molecule has 3 fully saturated rings. The Morgan fingerprint density at radius 2 is 1.88 bits per heavy atom. The fourth-order valence-corrected chi connectivity index (χ4v) is 11.4. The summed E-state index contributed by atoms with van der Waals surface area (Å²) in [7, 11) is -3.88. The molecule has 3 unspecified atom stereocenters. The molecule has 5 heterocycles. The van der Waals surface area contributed by atoms with Crippen LogP contribution in [0.5, 0.6) is 0 Å². The van der Waals surface area contributed by atoms with E-state index in [1.54, 1.807) is 29.9 Å². The van der Waals surface area contributed by atoms with Crippen molar-refractivity contribution in [3.05, 3.63) is 105 Å². The lowest BCUT2D eigenvalue weighted by Crippen LogP contribution is -2.51. The molecule has 4 aromatic rings. The van der Waals surface area contributed by atoms with Gasteiger partial charge in [-0.15, -0.1) is 11.3 Å². The number of hydrogen-bond donors (Lipinski definition) is 2. The third kappa shape index (κ3) is 5.78. The van der Waals surface area contributed by atoms with Gasteiger partial charge in [0, 0.05) is 64.8 Å². The molecule has 10 nitrogen and oxygen atoms in total. The summed E-state index contributed by atoms with van der Waals surface area (Å²) in [6, 6.07) is 9.30. The number of fused-ring (bicyclic) bond motifs is 3. The largest absolute Gasteiger partial charge is 0.384 e. The number of aliphatic hydroxyl groups is 1. The predicted molar refractivity (Wildman–Crippen MR) is 178 cm³/mol. The van der Waals surface area contributed by atoms with Crippen molar-refractivity contribution < 1.29 is 26.7 Å². The quantitative estimate of drug-likeness (QED) is 0.231. The van der Waals surface area contributed by atoms with Gasteiger partial charge in [0.2, 0.25) is 10.0 Å². The molecular weight excluding hydrogens is 699 g/mol. The maximum atomic E-state index is 14.2. The molecule has 49 heavy (non-hydrogen) atoms. The van der Waals surface area contributed by atoms with E-state index in [0.717, 1.165) is 0 Å². The van der Waals surface area contributed by atoms with E-state index in [1.165, 1.54) is 41.8 Å². The zero-order valence-corrected chi connectivity index (χ0v) is 28.2. The van der Waals surface area contributed by atoms with Crippen molar-refractivity contribution in [1.82, 2.24) is 29.4 Å². The number of benzene rings is 1. The molecule has 256 valence electrons. The van der Waals surface area contributed by atoms with Gasteiger partial charge in [-0.3, -0.25) is 9.98 Å². The van der Waals surface area contributed by atoms with Crippen LogP contribution in [0.4, 0.5) is 13.2 Å². The highest BCUT2D eigenvalue weighted by Crippen LogP contribution is 2.53. The van der Waals surface area contributed by atoms with E-state index in [9.17, 15) is 26.7 Å². The predicted octanol–water partition coefficient (Wildman–Crippen LogP) is 5.91. The summed E-state index contributed by atoms with van der Waals surface area (Å²) in [6.07, 6.45) is 6.60. The summed E-state index contributed by atoms with van der Waals surface area (Å²) >= 11 is 7.91. The van der Waals surface area contributed by atoms with Crippen LogP contribution in [0.15, 0.2) is 77.1 Å². The molecule has 0 amide bonds. The molecule has 0 spiro atoms. The molecule has 16 heteroatoms. The Hall–Kier alpha value is -3.63. The first-order valence-electron chi connectivity index (χ1n) is 15.9. The van der Waals surface area contributed by atoms with Crippen LogP contribution in [-0.4, -0.2) is 61.8 Å². The van der Waals surface area contributed by atoms with Gasteiger partial charge in [0.15, 0.2) is 10.8 Å². The zero-order valence-electron chi connectivity index (χ0n) is 25.8. The van der Waals surface area contributed by atoms with Crippen molar-refractivity contribution >= 4 is 44.4 Å². The van der Waals surface area contributed by atoms with Crippen molar-refractivity contribution in [2.75, 3.05) is 6.54 Å². The SMILES string of the molecule is O=S(=O)(NC1CC2=C(c3ccn(C(F)F)n3)[C@H](c3ccc(F)cc3Cl)N=C(c3nccs3)N2C1)C1C2CCC1CC(O)(c1ccccn1)C2. The van der Waals surface area contributed by atoms with E-state index in [1.807, 2.05) is 11.0 Å². The second-order valence-corrected chi connectivity index (χ2v) is 16.2. The number of sulfonamides is 1. The van der Waals surface area contributed by atoms with E-state index in [4.69, 9.17) is 16.6 Å². The van der Waals surface area contributed by atoms with Crippen LogP contribution in [0.25, 0.3) is 5.57 Å². The topological polar surface area (TPSA) is 126 Å². The first-order valence-corrected chi connectivity index (χ1v) is 18.7. The summed E-state index contributed by atoms with van der Waals surface area (Å²) in [5.74, 6) is -0.584. The summed E-state index contributed by atoms with van der Waals surface area (Å²) in [5.41, 5.74) is 1.12. The number of thiazole rings is 1. The second kappa shape index (κ2) is 12.3. The number of halogens is 4. The van der Waals surface area contributed by atoms with Gasteiger partial charge in [0.05, 0.1) is 16.6 Å². The highest BCUT2D eigenvalue weighted by molar-refractivity contribution is 7.90. The molecule has 1 aromatic carbocycles. The first-order chi connectivity index (χ1) is 23.5. The number of alkyl halides is 2. The summed E-state index contributed by atoms with van der Waals surface area (Å²) in [4.78, 5) is 15.7. The average molecular weight is 730 g/mol. The Bertz CT molecular complexity index is 2050. The van der Waals surface area contributed by atoms with Gasteiger partial charge in [-0.1, -0.05) is 23.7 Å². The molecule has 2 aliphatic heterocycles. The maximum absolute atomic E-state index is 14.2. The highest BCUT2D eigenvalue weighted by Gasteiger charge is 2.55. The first kappa shape index (κ1) is 32.6. The minimum Gasteiger partial charge on any atom is -0.384 e. The Morgan fingerprint density at radius 3 is 2.53 bits per heavy atom. The van der Waals surface area contributed by atoms with Crippen molar-refractivity contribution in [3.8, 4) is 0 Å². The van der Waals surface area contributed by atoms with Gasteiger partial charge in [-0.05, 0) is 67.9 Å². The Kier molecular flexibility index (Phi) is 8.18. The van der Waals surface area contributed by atoms with Crippen molar-refractivity contribution in [1.29, 1.82) is 0 Å². The standard InChI is InChI=1S/C33H31ClF3N7O3S2/c34-23-13-20(35)6-7-22(23)28-27(24-8-11-44(41-24)32(36)37)25-14-21(17-43(25)30(40-28)31-39-10-12-48-31)42-49(46,47)29-18-4-5-19(29)16-33(45,15-18)26-3-1-2-9-38-26/h1-3,6-13,18-19,21,28-29,32,42,45H,4-5,14-17H2/t18?,19?,21?,28-,29?,33?/m0/s1. The van der Waals surface area contributed by atoms with Crippen LogP contribution in [0, 0.1) is 17.7 Å². The van der Waals surface area contributed by atoms with Gasteiger partial charge >= 0.3 is 6.55 Å². The van der Waals surface area contributed by atoms with Crippen molar-refractivity contribution in [3.63, 3.8) is 0 Å². The third-order valence-electron chi connectivity index (χ3n) is 10.1. The molecule has 0 radical (unpaired) electrons. The Balaban J connectivity index is 1.16. The van der Waals surface area contributed by atoms with Gasteiger partial charge in [0.25, 0.3) is 0 Å². The van der Waals surface area contributed by atoms with Crippen molar-refractivity contribution in [2.24, 2.45) is 16.8 Å². The minimum atomic E-state index is -3.88. The van der Waals surface area contributed by atoms with Crippen LogP contribution in [0.1, 0.15) is 66.7 Å².